The van der Waals surface area contributed by atoms with Crippen molar-refractivity contribution in [2.24, 2.45) is 11.7 Å². The second-order valence-corrected chi connectivity index (χ2v) is 6.00. The monoisotopic (exact) mass is 260 g/mol. The van der Waals surface area contributed by atoms with Crippen molar-refractivity contribution in [1.82, 2.24) is 4.90 Å². The van der Waals surface area contributed by atoms with E-state index in [9.17, 15) is 4.79 Å². The van der Waals surface area contributed by atoms with Crippen molar-refractivity contribution in [3.8, 4) is 0 Å². The van der Waals surface area contributed by atoms with Crippen LogP contribution in [-0.2, 0) is 4.79 Å². The summed E-state index contributed by atoms with van der Waals surface area (Å²) in [7, 11) is 0. The molecule has 1 amide bonds. The van der Waals surface area contributed by atoms with Crippen LogP contribution < -0.4 is 5.73 Å². The first-order valence-electron chi connectivity index (χ1n) is 7.11. The summed E-state index contributed by atoms with van der Waals surface area (Å²) >= 11 is 0. The Labute approximate surface area is 115 Å². The Morgan fingerprint density at radius 2 is 1.89 bits per heavy atom. The van der Waals surface area contributed by atoms with Crippen molar-refractivity contribution >= 4 is 5.91 Å². The fraction of sp³-hybridized carbons (Fsp3) is 0.562. The molecule has 0 aromatic heterocycles. The van der Waals surface area contributed by atoms with E-state index in [4.69, 9.17) is 5.73 Å². The van der Waals surface area contributed by atoms with E-state index in [0.29, 0.717) is 12.0 Å². The second-order valence-electron chi connectivity index (χ2n) is 6.00. The van der Waals surface area contributed by atoms with Gasteiger partial charge in [-0.15, -0.1) is 0 Å². The Morgan fingerprint density at radius 3 is 2.37 bits per heavy atom. The van der Waals surface area contributed by atoms with Gasteiger partial charge < -0.3 is 10.6 Å². The summed E-state index contributed by atoms with van der Waals surface area (Å²) in [6.45, 7) is 7.12. The molecule has 0 radical (unpaired) electrons. The average molecular weight is 260 g/mol. The van der Waals surface area contributed by atoms with Crippen molar-refractivity contribution in [3.05, 3.63) is 35.4 Å². The van der Waals surface area contributed by atoms with Crippen LogP contribution in [0.3, 0.4) is 0 Å². The van der Waals surface area contributed by atoms with E-state index in [-0.39, 0.29) is 5.91 Å². The minimum Gasteiger partial charge on any atom is -0.338 e. The molecule has 1 atom stereocenters. The fourth-order valence-electron chi connectivity index (χ4n) is 2.29. The standard InChI is InChI=1S/C16H24N2O/c1-11(2)10-18(14-8-9-14)16(19)15(17)13-6-4-12(3)5-7-13/h4-7,11,14-15H,8-10,17H2,1-3H3. The molecule has 2 rings (SSSR count). The molecule has 3 heteroatoms. The number of nitrogens with two attached hydrogens (primary N) is 1. The van der Waals surface area contributed by atoms with E-state index in [1.807, 2.05) is 36.1 Å². The lowest BCUT2D eigenvalue weighted by Crippen LogP contribution is -2.42. The smallest absolute Gasteiger partial charge is 0.244 e. The number of hydrogen-bond donors (Lipinski definition) is 1. The molecular formula is C16H24N2O. The number of benzene rings is 1. The van der Waals surface area contributed by atoms with Gasteiger partial charge in [-0.3, -0.25) is 4.79 Å². The molecule has 104 valence electrons. The van der Waals surface area contributed by atoms with Gasteiger partial charge in [0.25, 0.3) is 0 Å². The lowest BCUT2D eigenvalue weighted by molar-refractivity contribution is -0.133. The maximum atomic E-state index is 12.5. The van der Waals surface area contributed by atoms with Crippen LogP contribution in [0.1, 0.15) is 43.9 Å². The molecular weight excluding hydrogens is 236 g/mol. The summed E-state index contributed by atoms with van der Waals surface area (Å²) in [6.07, 6.45) is 2.25. The molecule has 1 saturated carbocycles. The predicted octanol–water partition coefficient (Wildman–Crippen LogP) is 2.64. The Balaban J connectivity index is 2.09. The van der Waals surface area contributed by atoms with Gasteiger partial charge in [-0.25, -0.2) is 0 Å². The van der Waals surface area contributed by atoms with Crippen LogP contribution in [0.5, 0.6) is 0 Å². The number of nitrogens with zero attached hydrogens (tertiary/aromatic N) is 1. The van der Waals surface area contributed by atoms with Crippen LogP contribution in [0.2, 0.25) is 0 Å². The zero-order valence-corrected chi connectivity index (χ0v) is 12.1. The Bertz CT molecular complexity index is 435. The molecule has 1 aliphatic rings. The normalized spacial score (nSPS) is 16.5. The highest BCUT2D eigenvalue weighted by Gasteiger charge is 2.35. The Morgan fingerprint density at radius 1 is 1.32 bits per heavy atom. The number of carbonyl (C=O) groups excluding carboxylic acids is 1. The highest BCUT2D eigenvalue weighted by molar-refractivity contribution is 5.83. The van der Waals surface area contributed by atoms with Gasteiger partial charge in [-0.2, -0.15) is 0 Å². The third-order valence-corrected chi connectivity index (χ3v) is 3.54. The third-order valence-electron chi connectivity index (χ3n) is 3.54. The molecule has 0 aliphatic heterocycles. The molecule has 1 aliphatic carbocycles. The lowest BCUT2D eigenvalue weighted by atomic mass is 10.0. The number of hydrogen-bond acceptors (Lipinski definition) is 2. The molecule has 3 nitrogen and oxygen atoms in total. The predicted molar refractivity (Wildman–Crippen MR) is 77.7 cm³/mol. The number of aryl methyl sites for hydroxylation is 1. The van der Waals surface area contributed by atoms with E-state index < -0.39 is 6.04 Å². The maximum absolute atomic E-state index is 12.5. The molecule has 2 N–H and O–H groups in total. The molecule has 1 fully saturated rings. The van der Waals surface area contributed by atoms with Gasteiger partial charge in [0.05, 0.1) is 0 Å². The highest BCUT2D eigenvalue weighted by atomic mass is 16.2. The first-order valence-corrected chi connectivity index (χ1v) is 7.11. The average Bonchev–Trinajstić information content (AvgIpc) is 3.19. The minimum atomic E-state index is -0.528. The quantitative estimate of drug-likeness (QED) is 0.884. The molecule has 19 heavy (non-hydrogen) atoms. The van der Waals surface area contributed by atoms with E-state index in [0.717, 1.165) is 24.9 Å². The van der Waals surface area contributed by atoms with Crippen LogP contribution in [0.25, 0.3) is 0 Å². The molecule has 1 unspecified atom stereocenters. The summed E-state index contributed by atoms with van der Waals surface area (Å²) in [4.78, 5) is 14.5. The highest BCUT2D eigenvalue weighted by Crippen LogP contribution is 2.29. The molecule has 1 aromatic rings. The Kier molecular flexibility index (Phi) is 4.25. The van der Waals surface area contributed by atoms with Gasteiger partial charge in [0.2, 0.25) is 5.91 Å². The van der Waals surface area contributed by atoms with E-state index >= 15 is 0 Å². The molecule has 0 heterocycles. The van der Waals surface area contributed by atoms with Crippen LogP contribution in [0.15, 0.2) is 24.3 Å². The van der Waals surface area contributed by atoms with Crippen LogP contribution >= 0.6 is 0 Å². The maximum Gasteiger partial charge on any atom is 0.244 e. The summed E-state index contributed by atoms with van der Waals surface area (Å²) in [5.74, 6) is 0.551. The number of amides is 1. The molecule has 0 bridgehead atoms. The first kappa shape index (κ1) is 14.1. The van der Waals surface area contributed by atoms with Gasteiger partial charge >= 0.3 is 0 Å². The van der Waals surface area contributed by atoms with Gasteiger partial charge in [-0.1, -0.05) is 43.7 Å². The molecule has 1 aromatic carbocycles. The molecule has 0 spiro atoms. The Hall–Kier alpha value is -1.35. The first-order chi connectivity index (χ1) is 8.99. The number of carbonyl (C=O) groups is 1. The van der Waals surface area contributed by atoms with Crippen molar-refractivity contribution in [1.29, 1.82) is 0 Å². The summed E-state index contributed by atoms with van der Waals surface area (Å²) in [5, 5.41) is 0. The minimum absolute atomic E-state index is 0.0695. The van der Waals surface area contributed by atoms with Gasteiger partial charge in [-0.05, 0) is 31.2 Å². The summed E-state index contributed by atoms with van der Waals surface area (Å²) in [6, 6.07) is 7.82. The van der Waals surface area contributed by atoms with Crippen LogP contribution in [-0.4, -0.2) is 23.4 Å². The van der Waals surface area contributed by atoms with Crippen molar-refractivity contribution in [2.45, 2.75) is 45.7 Å². The topological polar surface area (TPSA) is 46.3 Å². The van der Waals surface area contributed by atoms with Crippen LogP contribution in [0, 0.1) is 12.8 Å². The van der Waals surface area contributed by atoms with Gasteiger partial charge in [0.15, 0.2) is 0 Å². The fourth-order valence-corrected chi connectivity index (χ4v) is 2.29. The number of rotatable bonds is 5. The largest absolute Gasteiger partial charge is 0.338 e. The third kappa shape index (κ3) is 3.57. The zero-order valence-electron chi connectivity index (χ0n) is 12.1. The van der Waals surface area contributed by atoms with E-state index in [1.165, 1.54) is 5.56 Å². The van der Waals surface area contributed by atoms with Crippen molar-refractivity contribution in [2.75, 3.05) is 6.54 Å². The van der Waals surface area contributed by atoms with E-state index in [2.05, 4.69) is 13.8 Å². The van der Waals surface area contributed by atoms with Gasteiger partial charge in [0, 0.05) is 12.6 Å². The summed E-state index contributed by atoms with van der Waals surface area (Å²) < 4.78 is 0. The van der Waals surface area contributed by atoms with Crippen LogP contribution in [0.4, 0.5) is 0 Å². The van der Waals surface area contributed by atoms with Crippen molar-refractivity contribution in [3.63, 3.8) is 0 Å². The lowest BCUT2D eigenvalue weighted by Gasteiger charge is -2.27. The SMILES string of the molecule is Cc1ccc(C(N)C(=O)N(CC(C)C)C2CC2)cc1. The van der Waals surface area contributed by atoms with Gasteiger partial charge in [0.1, 0.15) is 6.04 Å². The molecule has 0 saturated heterocycles. The zero-order chi connectivity index (χ0) is 14.0. The second kappa shape index (κ2) is 5.74. The van der Waals surface area contributed by atoms with E-state index in [1.54, 1.807) is 0 Å². The van der Waals surface area contributed by atoms with Crippen molar-refractivity contribution < 1.29 is 4.79 Å². The summed E-state index contributed by atoms with van der Waals surface area (Å²) in [5.41, 5.74) is 8.23.